The molecule has 2 heterocycles. The molecule has 9 heteroatoms. The molecular weight excluding hydrogens is 368 g/mol. The first kappa shape index (κ1) is 21.7. The Labute approximate surface area is 161 Å². The fourth-order valence-corrected chi connectivity index (χ4v) is 4.89. The van der Waals surface area contributed by atoms with Gasteiger partial charge in [0.15, 0.2) is 5.03 Å². The van der Waals surface area contributed by atoms with Crippen LogP contribution in [0.5, 0.6) is 0 Å². The monoisotopic (exact) mass is 398 g/mol. The molecule has 27 heavy (non-hydrogen) atoms. The van der Waals surface area contributed by atoms with Crippen LogP contribution in [0.2, 0.25) is 0 Å². The fraction of sp³-hybridized carbons (Fsp3) is 0.667. The van der Waals surface area contributed by atoms with Gasteiger partial charge in [-0.3, -0.25) is 4.79 Å². The summed E-state index contributed by atoms with van der Waals surface area (Å²) in [5, 5.41) is 13.3. The molecule has 1 aliphatic rings. The second-order valence-electron chi connectivity index (χ2n) is 7.59. The van der Waals surface area contributed by atoms with Crippen LogP contribution in [0.15, 0.2) is 29.4 Å². The number of amides is 1. The highest BCUT2D eigenvalue weighted by molar-refractivity contribution is 7.89. The SMILES string of the molecule is CC(C)C[C@H](N)C(=O)N[C@@H]1CC[C@@H](C)N(S(=O)(=O)c2ccccn2)C[C@H]1O. The van der Waals surface area contributed by atoms with Crippen molar-refractivity contribution in [2.45, 2.75) is 69.3 Å². The minimum absolute atomic E-state index is 0.0505. The molecule has 1 saturated heterocycles. The lowest BCUT2D eigenvalue weighted by Gasteiger charge is -2.28. The molecule has 0 saturated carbocycles. The number of pyridine rings is 1. The predicted octanol–water partition coefficient (Wildman–Crippen LogP) is 0.474. The van der Waals surface area contributed by atoms with E-state index in [-0.39, 0.29) is 29.4 Å². The zero-order valence-electron chi connectivity index (χ0n) is 16.1. The number of aliphatic hydroxyl groups is 1. The highest BCUT2D eigenvalue weighted by atomic mass is 32.2. The zero-order valence-corrected chi connectivity index (χ0v) is 16.9. The van der Waals surface area contributed by atoms with E-state index in [0.717, 1.165) is 0 Å². The van der Waals surface area contributed by atoms with Crippen LogP contribution in [-0.2, 0) is 14.8 Å². The quantitative estimate of drug-likeness (QED) is 0.640. The zero-order chi connectivity index (χ0) is 20.2. The van der Waals surface area contributed by atoms with E-state index in [1.54, 1.807) is 19.1 Å². The maximum absolute atomic E-state index is 12.9. The Morgan fingerprint density at radius 2 is 2.11 bits per heavy atom. The molecule has 0 aromatic carbocycles. The lowest BCUT2D eigenvalue weighted by atomic mass is 10.0. The van der Waals surface area contributed by atoms with E-state index >= 15 is 0 Å². The molecule has 4 N–H and O–H groups in total. The summed E-state index contributed by atoms with van der Waals surface area (Å²) in [7, 11) is -3.83. The van der Waals surface area contributed by atoms with Crippen molar-refractivity contribution < 1.29 is 18.3 Å². The number of carbonyl (C=O) groups is 1. The molecule has 152 valence electrons. The van der Waals surface area contributed by atoms with Gasteiger partial charge in [-0.1, -0.05) is 19.9 Å². The lowest BCUT2D eigenvalue weighted by Crippen LogP contribution is -2.52. The summed E-state index contributed by atoms with van der Waals surface area (Å²) in [5.74, 6) is -0.0368. The molecule has 0 unspecified atom stereocenters. The molecule has 0 bridgehead atoms. The molecular formula is C18H30N4O4S. The van der Waals surface area contributed by atoms with Gasteiger partial charge in [-0.15, -0.1) is 0 Å². The number of nitrogens with zero attached hydrogens (tertiary/aromatic N) is 2. The van der Waals surface area contributed by atoms with Crippen molar-refractivity contribution in [2.75, 3.05) is 6.54 Å². The van der Waals surface area contributed by atoms with Crippen molar-refractivity contribution in [3.8, 4) is 0 Å². The van der Waals surface area contributed by atoms with Crippen LogP contribution >= 0.6 is 0 Å². The van der Waals surface area contributed by atoms with Gasteiger partial charge in [0.05, 0.1) is 18.2 Å². The second kappa shape index (κ2) is 9.09. The van der Waals surface area contributed by atoms with E-state index in [1.807, 2.05) is 13.8 Å². The summed E-state index contributed by atoms with van der Waals surface area (Å²) in [4.78, 5) is 16.2. The molecule has 0 radical (unpaired) electrons. The molecule has 4 atom stereocenters. The highest BCUT2D eigenvalue weighted by Crippen LogP contribution is 2.24. The Bertz CT molecular complexity index is 726. The van der Waals surface area contributed by atoms with Gasteiger partial charge in [-0.25, -0.2) is 13.4 Å². The van der Waals surface area contributed by atoms with Crippen molar-refractivity contribution >= 4 is 15.9 Å². The van der Waals surface area contributed by atoms with Crippen molar-refractivity contribution in [3.63, 3.8) is 0 Å². The van der Waals surface area contributed by atoms with Crippen LogP contribution < -0.4 is 11.1 Å². The number of β-amino-alcohol motifs (C(OH)–C–C–N with tert-alkyl or cyclic N) is 1. The number of sulfonamides is 1. The number of hydrogen-bond donors (Lipinski definition) is 3. The molecule has 1 amide bonds. The standard InChI is InChI=1S/C18H30N4O4S/c1-12(2)10-14(19)18(24)21-15-8-7-13(3)22(11-16(15)23)27(25,26)17-6-4-5-9-20-17/h4-6,9,12-16,23H,7-8,10-11,19H2,1-3H3,(H,21,24)/t13-,14+,15-,16-/m1/s1. The summed E-state index contributed by atoms with van der Waals surface area (Å²) in [5.41, 5.74) is 5.91. The smallest absolute Gasteiger partial charge is 0.260 e. The van der Waals surface area contributed by atoms with E-state index in [1.165, 1.54) is 16.6 Å². The van der Waals surface area contributed by atoms with Crippen LogP contribution in [-0.4, -0.2) is 59.5 Å². The van der Waals surface area contributed by atoms with E-state index in [9.17, 15) is 18.3 Å². The molecule has 0 aliphatic carbocycles. The number of nitrogens with two attached hydrogens (primary N) is 1. The topological polar surface area (TPSA) is 126 Å². The van der Waals surface area contributed by atoms with Crippen molar-refractivity contribution in [2.24, 2.45) is 11.7 Å². The average molecular weight is 399 g/mol. The summed E-state index contributed by atoms with van der Waals surface area (Å²) in [6, 6.07) is 3.18. The number of aromatic nitrogens is 1. The van der Waals surface area contributed by atoms with Gasteiger partial charge < -0.3 is 16.2 Å². The van der Waals surface area contributed by atoms with Gasteiger partial charge >= 0.3 is 0 Å². The molecule has 8 nitrogen and oxygen atoms in total. The summed E-state index contributed by atoms with van der Waals surface area (Å²) >= 11 is 0. The fourth-order valence-electron chi connectivity index (χ4n) is 3.28. The summed E-state index contributed by atoms with van der Waals surface area (Å²) < 4.78 is 27.1. The van der Waals surface area contributed by atoms with Crippen molar-refractivity contribution in [3.05, 3.63) is 24.4 Å². The number of hydrogen-bond acceptors (Lipinski definition) is 6. The van der Waals surface area contributed by atoms with Crippen LogP contribution in [0.3, 0.4) is 0 Å². The van der Waals surface area contributed by atoms with Gasteiger partial charge in [0.25, 0.3) is 10.0 Å². The third-order valence-corrected chi connectivity index (χ3v) is 6.72. The van der Waals surface area contributed by atoms with Gasteiger partial charge in [0.1, 0.15) is 0 Å². The van der Waals surface area contributed by atoms with Crippen LogP contribution in [0.1, 0.15) is 40.0 Å². The summed E-state index contributed by atoms with van der Waals surface area (Å²) in [6.45, 7) is 5.65. The molecule has 1 fully saturated rings. The van der Waals surface area contributed by atoms with Gasteiger partial charge in [0, 0.05) is 18.8 Å². The van der Waals surface area contributed by atoms with Crippen molar-refractivity contribution in [1.29, 1.82) is 0 Å². The third-order valence-electron chi connectivity index (χ3n) is 4.82. The predicted molar refractivity (Wildman–Crippen MR) is 102 cm³/mol. The van der Waals surface area contributed by atoms with E-state index in [2.05, 4.69) is 10.3 Å². The molecule has 0 spiro atoms. The third kappa shape index (κ3) is 5.47. The van der Waals surface area contributed by atoms with Crippen LogP contribution in [0.4, 0.5) is 0 Å². The lowest BCUT2D eigenvalue weighted by molar-refractivity contribution is -0.124. The molecule has 1 aliphatic heterocycles. The van der Waals surface area contributed by atoms with Gasteiger partial charge in [-0.05, 0) is 44.2 Å². The maximum Gasteiger partial charge on any atom is 0.260 e. The Balaban J connectivity index is 2.12. The highest BCUT2D eigenvalue weighted by Gasteiger charge is 2.37. The van der Waals surface area contributed by atoms with Gasteiger partial charge in [-0.2, -0.15) is 4.31 Å². The Morgan fingerprint density at radius 1 is 1.41 bits per heavy atom. The molecule has 2 rings (SSSR count). The number of carbonyl (C=O) groups excluding carboxylic acids is 1. The number of aliphatic hydroxyl groups excluding tert-OH is 1. The largest absolute Gasteiger partial charge is 0.390 e. The Hall–Kier alpha value is -1.55. The van der Waals surface area contributed by atoms with E-state index in [0.29, 0.717) is 19.3 Å². The average Bonchev–Trinajstić information content (AvgIpc) is 2.75. The van der Waals surface area contributed by atoms with Crippen LogP contribution in [0.25, 0.3) is 0 Å². The first-order valence-corrected chi connectivity index (χ1v) is 10.7. The summed E-state index contributed by atoms with van der Waals surface area (Å²) in [6.07, 6.45) is 1.92. The van der Waals surface area contributed by atoms with Crippen molar-refractivity contribution in [1.82, 2.24) is 14.6 Å². The normalized spacial score (nSPS) is 25.8. The molecule has 1 aromatic heterocycles. The Morgan fingerprint density at radius 3 is 2.70 bits per heavy atom. The van der Waals surface area contributed by atoms with E-state index in [4.69, 9.17) is 5.73 Å². The minimum atomic E-state index is -3.83. The first-order chi connectivity index (χ1) is 12.6. The minimum Gasteiger partial charge on any atom is -0.390 e. The number of rotatable bonds is 6. The van der Waals surface area contributed by atoms with E-state index < -0.39 is 28.2 Å². The Kier molecular flexibility index (Phi) is 7.32. The first-order valence-electron chi connectivity index (χ1n) is 9.29. The van der Waals surface area contributed by atoms with Crippen LogP contribution in [0, 0.1) is 5.92 Å². The maximum atomic E-state index is 12.9. The molecule has 1 aromatic rings. The second-order valence-corrected chi connectivity index (χ2v) is 9.42. The number of nitrogens with one attached hydrogen (secondary N) is 1. The van der Waals surface area contributed by atoms with Gasteiger partial charge in [0.2, 0.25) is 5.91 Å².